The van der Waals surface area contributed by atoms with Gasteiger partial charge in [-0.3, -0.25) is 4.79 Å². The van der Waals surface area contributed by atoms with E-state index in [4.69, 9.17) is 27.9 Å². The van der Waals surface area contributed by atoms with Crippen molar-refractivity contribution in [3.8, 4) is 0 Å². The number of carbonyl (C=O) groups excluding carboxylic acids is 2. The number of hydrogen-bond acceptors (Lipinski definition) is 4. The Balaban J connectivity index is 2.09. The Morgan fingerprint density at radius 3 is 2.42 bits per heavy atom. The number of rotatable bonds is 4. The highest BCUT2D eigenvalue weighted by molar-refractivity contribution is 6.34. The standard InChI is InChI=1S/C15H10Cl2F2N2O3/c1-7(14(22)21-13-9(18)3-2-4-10(13)19)24-15(23)12-8(16)5-6-11(17)20-12/h2-7H,1H3,(H,21,22). The van der Waals surface area contributed by atoms with Crippen molar-refractivity contribution in [2.75, 3.05) is 5.32 Å². The number of esters is 1. The van der Waals surface area contributed by atoms with Crippen LogP contribution >= 0.6 is 23.2 Å². The van der Waals surface area contributed by atoms with Gasteiger partial charge in [0.15, 0.2) is 11.8 Å². The second kappa shape index (κ2) is 7.55. The lowest BCUT2D eigenvalue weighted by molar-refractivity contribution is -0.123. The second-order valence-electron chi connectivity index (χ2n) is 4.60. The largest absolute Gasteiger partial charge is 0.448 e. The van der Waals surface area contributed by atoms with Crippen LogP contribution < -0.4 is 5.32 Å². The number of pyridine rings is 1. The van der Waals surface area contributed by atoms with E-state index >= 15 is 0 Å². The van der Waals surface area contributed by atoms with Crippen LogP contribution in [-0.2, 0) is 9.53 Å². The van der Waals surface area contributed by atoms with Gasteiger partial charge < -0.3 is 10.1 Å². The summed E-state index contributed by atoms with van der Waals surface area (Å²) in [6.45, 7) is 1.23. The fourth-order valence-corrected chi connectivity index (χ4v) is 2.00. The topological polar surface area (TPSA) is 68.3 Å². The van der Waals surface area contributed by atoms with Crippen molar-refractivity contribution < 1.29 is 23.1 Å². The number of para-hydroxylation sites is 1. The van der Waals surface area contributed by atoms with Gasteiger partial charge in [0, 0.05) is 0 Å². The Morgan fingerprint density at radius 1 is 1.17 bits per heavy atom. The first-order valence-electron chi connectivity index (χ1n) is 6.57. The van der Waals surface area contributed by atoms with Crippen molar-refractivity contribution >= 4 is 40.8 Å². The molecule has 0 aliphatic heterocycles. The molecule has 1 N–H and O–H groups in total. The highest BCUT2D eigenvalue weighted by Gasteiger charge is 2.23. The van der Waals surface area contributed by atoms with Crippen molar-refractivity contribution in [3.05, 3.63) is 57.8 Å². The van der Waals surface area contributed by atoms with Crippen LogP contribution in [-0.4, -0.2) is 23.0 Å². The highest BCUT2D eigenvalue weighted by atomic mass is 35.5. The maximum Gasteiger partial charge on any atom is 0.359 e. The zero-order chi connectivity index (χ0) is 17.9. The van der Waals surface area contributed by atoms with Crippen molar-refractivity contribution in [1.29, 1.82) is 0 Å². The number of hydrogen-bond donors (Lipinski definition) is 1. The summed E-state index contributed by atoms with van der Waals surface area (Å²) in [4.78, 5) is 27.6. The zero-order valence-corrected chi connectivity index (χ0v) is 13.7. The first-order chi connectivity index (χ1) is 11.3. The Labute approximate surface area is 145 Å². The van der Waals surface area contributed by atoms with Gasteiger partial charge in [-0.05, 0) is 31.2 Å². The van der Waals surface area contributed by atoms with E-state index < -0.39 is 35.3 Å². The molecular weight excluding hydrogens is 365 g/mol. The summed E-state index contributed by atoms with van der Waals surface area (Å²) in [6.07, 6.45) is -1.35. The van der Waals surface area contributed by atoms with Gasteiger partial charge in [-0.25, -0.2) is 18.6 Å². The van der Waals surface area contributed by atoms with Gasteiger partial charge in [0.2, 0.25) is 0 Å². The maximum atomic E-state index is 13.5. The predicted octanol–water partition coefficient (Wildman–Crippen LogP) is 3.85. The van der Waals surface area contributed by atoms with Crippen LogP contribution in [0.4, 0.5) is 14.5 Å². The van der Waals surface area contributed by atoms with Gasteiger partial charge >= 0.3 is 5.97 Å². The molecule has 0 bridgehead atoms. The van der Waals surface area contributed by atoms with E-state index in [0.29, 0.717) is 0 Å². The summed E-state index contributed by atoms with van der Waals surface area (Å²) in [5.41, 5.74) is -0.912. The summed E-state index contributed by atoms with van der Waals surface area (Å²) in [7, 11) is 0. The van der Waals surface area contributed by atoms with Gasteiger partial charge in [-0.15, -0.1) is 0 Å². The molecule has 24 heavy (non-hydrogen) atoms. The van der Waals surface area contributed by atoms with Crippen LogP contribution in [0.5, 0.6) is 0 Å². The van der Waals surface area contributed by atoms with Gasteiger partial charge in [0.05, 0.1) is 5.02 Å². The lowest BCUT2D eigenvalue weighted by atomic mass is 10.2. The number of nitrogens with one attached hydrogen (secondary N) is 1. The number of nitrogens with zero attached hydrogens (tertiary/aromatic N) is 1. The average molecular weight is 375 g/mol. The number of halogens is 4. The van der Waals surface area contributed by atoms with Gasteiger partial charge in [0.1, 0.15) is 22.5 Å². The Kier molecular flexibility index (Phi) is 5.69. The summed E-state index contributed by atoms with van der Waals surface area (Å²) in [6, 6.07) is 5.82. The molecule has 0 saturated carbocycles. The van der Waals surface area contributed by atoms with Gasteiger partial charge in [-0.1, -0.05) is 29.3 Å². The van der Waals surface area contributed by atoms with E-state index in [1.54, 1.807) is 0 Å². The van der Waals surface area contributed by atoms with E-state index in [1.807, 2.05) is 5.32 Å². The molecule has 0 radical (unpaired) electrons. The molecule has 0 aliphatic carbocycles. The Bertz CT molecular complexity index is 782. The minimum atomic E-state index is -1.35. The second-order valence-corrected chi connectivity index (χ2v) is 5.39. The average Bonchev–Trinajstić information content (AvgIpc) is 2.53. The fraction of sp³-hybridized carbons (Fsp3) is 0.133. The molecule has 126 valence electrons. The number of anilines is 1. The number of aromatic nitrogens is 1. The molecule has 2 aromatic rings. The summed E-state index contributed by atoms with van der Waals surface area (Å²) in [5.74, 6) is -3.84. The SMILES string of the molecule is CC(OC(=O)c1nc(Cl)ccc1Cl)C(=O)Nc1c(F)cccc1F. The van der Waals surface area contributed by atoms with Crippen LogP contribution in [0.1, 0.15) is 17.4 Å². The van der Waals surface area contributed by atoms with Crippen molar-refractivity contribution in [3.63, 3.8) is 0 Å². The molecule has 1 atom stereocenters. The molecule has 0 aliphatic rings. The van der Waals surface area contributed by atoms with Crippen LogP contribution in [0.25, 0.3) is 0 Å². The molecular formula is C15H10Cl2F2N2O3. The molecule has 1 amide bonds. The van der Waals surface area contributed by atoms with E-state index in [-0.39, 0.29) is 15.9 Å². The third-order valence-electron chi connectivity index (χ3n) is 2.87. The van der Waals surface area contributed by atoms with Crippen LogP contribution in [0.15, 0.2) is 30.3 Å². The quantitative estimate of drug-likeness (QED) is 0.651. The van der Waals surface area contributed by atoms with E-state index in [2.05, 4.69) is 4.98 Å². The normalized spacial score (nSPS) is 11.7. The summed E-state index contributed by atoms with van der Waals surface area (Å²) in [5, 5.41) is 2.01. The molecule has 0 fully saturated rings. The minimum Gasteiger partial charge on any atom is -0.448 e. The van der Waals surface area contributed by atoms with Crippen molar-refractivity contribution in [2.45, 2.75) is 13.0 Å². The highest BCUT2D eigenvalue weighted by Crippen LogP contribution is 2.20. The van der Waals surface area contributed by atoms with Crippen LogP contribution in [0.3, 0.4) is 0 Å². The maximum absolute atomic E-state index is 13.5. The van der Waals surface area contributed by atoms with Crippen molar-refractivity contribution in [2.24, 2.45) is 0 Å². The molecule has 0 spiro atoms. The molecule has 0 saturated heterocycles. The Hall–Kier alpha value is -2.25. The first-order valence-corrected chi connectivity index (χ1v) is 7.33. The first kappa shape index (κ1) is 18.1. The van der Waals surface area contributed by atoms with Crippen LogP contribution in [0.2, 0.25) is 10.2 Å². The third-order valence-corrected chi connectivity index (χ3v) is 3.38. The van der Waals surface area contributed by atoms with Crippen LogP contribution in [0, 0.1) is 11.6 Å². The predicted molar refractivity (Wildman–Crippen MR) is 84.1 cm³/mol. The third kappa shape index (κ3) is 4.18. The molecule has 2 rings (SSSR count). The smallest absolute Gasteiger partial charge is 0.359 e. The number of amides is 1. The Morgan fingerprint density at radius 2 is 1.79 bits per heavy atom. The van der Waals surface area contributed by atoms with E-state index in [1.165, 1.54) is 19.1 Å². The fourth-order valence-electron chi connectivity index (χ4n) is 1.67. The molecule has 1 aromatic carbocycles. The van der Waals surface area contributed by atoms with Gasteiger partial charge in [0.25, 0.3) is 5.91 Å². The van der Waals surface area contributed by atoms with E-state index in [0.717, 1.165) is 18.2 Å². The number of benzene rings is 1. The monoisotopic (exact) mass is 374 g/mol. The van der Waals surface area contributed by atoms with E-state index in [9.17, 15) is 18.4 Å². The lowest BCUT2D eigenvalue weighted by Gasteiger charge is -2.14. The number of carbonyl (C=O) groups is 2. The molecule has 5 nitrogen and oxygen atoms in total. The van der Waals surface area contributed by atoms with Gasteiger partial charge in [-0.2, -0.15) is 0 Å². The molecule has 1 heterocycles. The lowest BCUT2D eigenvalue weighted by Crippen LogP contribution is -2.31. The molecule has 1 unspecified atom stereocenters. The summed E-state index contributed by atoms with van der Waals surface area (Å²) < 4.78 is 31.9. The van der Waals surface area contributed by atoms with Crippen molar-refractivity contribution in [1.82, 2.24) is 4.98 Å². The minimum absolute atomic E-state index is 0.0110. The molecule has 9 heteroatoms. The zero-order valence-electron chi connectivity index (χ0n) is 12.1. The number of ether oxygens (including phenoxy) is 1. The summed E-state index contributed by atoms with van der Waals surface area (Å²) >= 11 is 11.5. The molecule has 1 aromatic heterocycles.